The topological polar surface area (TPSA) is 264 Å². The first-order valence-corrected chi connectivity index (χ1v) is 38.0. The molecule has 0 fully saturated rings. The van der Waals surface area contributed by atoms with E-state index in [0.717, 1.165) is 39.0 Å². The second-order valence-electron chi connectivity index (χ2n) is 31.9. The Hall–Kier alpha value is -5.10. The highest BCUT2D eigenvalue weighted by atomic mass is 16.5. The molecule has 4 unspecified atom stereocenters. The maximum atomic E-state index is 15.8. The number of rotatable bonds is 61. The molecule has 27 nitrogen and oxygen atoms in total. The maximum Gasteiger partial charge on any atom is 0.307 e. The predicted molar refractivity (Wildman–Crippen MR) is 412 cm³/mol. The summed E-state index contributed by atoms with van der Waals surface area (Å²) in [5.74, 6) is -6.29. The second kappa shape index (κ2) is 52.0. The molecule has 0 rings (SSSR count). The Morgan fingerprint density at radius 2 is 0.689 bits per heavy atom. The lowest BCUT2D eigenvalue weighted by molar-refractivity contribution is -0.145. The van der Waals surface area contributed by atoms with Crippen LogP contribution in [0.5, 0.6) is 0 Å². The molecule has 103 heavy (non-hydrogen) atoms. The number of nitrogens with zero attached hydrogens (tertiary/aromatic N) is 12. The SMILES string of the molecule is CCCCNC(=O)C(CC(=O)N(C)CCN(C)CCNC)CC(C)(C)C(=O)CC(CC(C)(C)C(=O)C(CC(=O)N(C)CCN(C)CCN(C)CCC(=O)OCCN(C)C)CC(C)(C)C(=O)CC(CC)C(=O)N(C)CCN(C)CCN(C)CCC(=O)OCCN(C)C)C(=O)N(C)CCN(C)CCNC. The number of nitrogens with one attached hydrogen (secondary N) is 3. The van der Waals surface area contributed by atoms with E-state index in [0.29, 0.717) is 131 Å². The molecule has 0 heterocycles. The molecule has 0 aliphatic heterocycles. The van der Waals surface area contributed by atoms with Crippen molar-refractivity contribution in [2.24, 2.45) is 39.9 Å². The standard InChI is InChI=1S/C76H149N15O12/c1-25-27-30-79-71(99)62(56-67(95)89(22)45-41-84(17)35-31-77-9)58-75(5,6)65(93)54-63(73(101)91(24)47-43-85(18)36-32-78-10)59-76(7,8)70(98)61(55-66(94)88(21)46-42-86(19)39-37-82(15)33-28-68(96)102-51-49-80(11)12)57-74(3,4)64(92)53-60(26-2)72(100)90(23)48-44-87(20)40-38-83(16)34-29-69(97)103-52-50-81(13)14/h60-63,77-78H,25-59H2,1-24H3,(H,79,99). The van der Waals surface area contributed by atoms with Gasteiger partial charge in [-0.25, -0.2) is 0 Å². The van der Waals surface area contributed by atoms with Crippen LogP contribution in [0.4, 0.5) is 0 Å². The number of esters is 2. The Labute approximate surface area is 624 Å². The fraction of sp³-hybridized carbons (Fsp3) is 0.868. The second-order valence-corrected chi connectivity index (χ2v) is 31.9. The van der Waals surface area contributed by atoms with E-state index in [1.165, 1.54) is 0 Å². The highest BCUT2D eigenvalue weighted by molar-refractivity contribution is 5.95. The molecule has 0 radical (unpaired) electrons. The van der Waals surface area contributed by atoms with Crippen LogP contribution in [0, 0.1) is 39.9 Å². The highest BCUT2D eigenvalue weighted by Crippen LogP contribution is 2.40. The largest absolute Gasteiger partial charge is 0.464 e. The molecule has 0 aliphatic carbocycles. The zero-order chi connectivity index (χ0) is 78.8. The lowest BCUT2D eigenvalue weighted by atomic mass is 9.67. The van der Waals surface area contributed by atoms with Crippen molar-refractivity contribution < 1.29 is 57.4 Å². The number of amides is 5. The summed E-state index contributed by atoms with van der Waals surface area (Å²) >= 11 is 0. The van der Waals surface area contributed by atoms with Crippen molar-refractivity contribution in [2.45, 2.75) is 132 Å². The van der Waals surface area contributed by atoms with Gasteiger partial charge in [-0.15, -0.1) is 0 Å². The molecule has 0 saturated carbocycles. The van der Waals surface area contributed by atoms with Gasteiger partial charge in [0.15, 0.2) is 0 Å². The molecule has 0 saturated heterocycles. The van der Waals surface area contributed by atoms with Gasteiger partial charge in [-0.3, -0.25) is 47.9 Å². The number of unbranched alkanes of at least 4 members (excludes halogenated alkanes) is 1. The van der Waals surface area contributed by atoms with Gasteiger partial charge in [0.05, 0.1) is 12.8 Å². The molecule has 0 bridgehead atoms. The number of hydrogen-bond donors (Lipinski definition) is 3. The fourth-order valence-electron chi connectivity index (χ4n) is 11.9. The summed E-state index contributed by atoms with van der Waals surface area (Å²) in [6.07, 6.45) is 1.72. The molecule has 27 heteroatoms. The van der Waals surface area contributed by atoms with E-state index < -0.39 is 39.9 Å². The van der Waals surface area contributed by atoms with Crippen LogP contribution >= 0.6 is 0 Å². The molecule has 0 aromatic rings. The molecular formula is C76H149N15O12. The Morgan fingerprint density at radius 3 is 1.07 bits per heavy atom. The first kappa shape index (κ1) is 97.9. The van der Waals surface area contributed by atoms with E-state index in [-0.39, 0.29) is 117 Å². The smallest absolute Gasteiger partial charge is 0.307 e. The van der Waals surface area contributed by atoms with Crippen molar-refractivity contribution in [3.05, 3.63) is 0 Å². The minimum Gasteiger partial charge on any atom is -0.464 e. The van der Waals surface area contributed by atoms with Gasteiger partial charge in [0, 0.05) is 231 Å². The number of ether oxygens (including phenoxy) is 2. The number of ketones is 3. The summed E-state index contributed by atoms with van der Waals surface area (Å²) in [6.45, 7) is 27.4. The van der Waals surface area contributed by atoms with Gasteiger partial charge in [0.1, 0.15) is 30.6 Å². The van der Waals surface area contributed by atoms with Crippen LogP contribution in [-0.4, -0.2) is 381 Å². The van der Waals surface area contributed by atoms with Crippen LogP contribution in [0.1, 0.15) is 132 Å². The summed E-state index contributed by atoms with van der Waals surface area (Å²) < 4.78 is 10.7. The Bertz CT molecular complexity index is 2500. The van der Waals surface area contributed by atoms with Crippen molar-refractivity contribution in [1.29, 1.82) is 0 Å². The molecule has 3 N–H and O–H groups in total. The average Bonchev–Trinajstić information content (AvgIpc) is 0.788. The lowest BCUT2D eigenvalue weighted by Crippen LogP contribution is -2.45. The third-order valence-corrected chi connectivity index (χ3v) is 20.0. The molecular weight excluding hydrogens is 1310 g/mol. The zero-order valence-corrected chi connectivity index (χ0v) is 69.3. The summed E-state index contributed by atoms with van der Waals surface area (Å²) in [7, 11) is 30.1. The molecule has 0 aromatic heterocycles. The van der Waals surface area contributed by atoms with Gasteiger partial charge in [-0.2, -0.15) is 0 Å². The summed E-state index contributed by atoms with van der Waals surface area (Å²) in [6, 6.07) is 0. The minimum atomic E-state index is -1.35. The first-order chi connectivity index (χ1) is 48.1. The van der Waals surface area contributed by atoms with Gasteiger partial charge in [0.25, 0.3) is 0 Å². The van der Waals surface area contributed by atoms with Crippen molar-refractivity contribution in [3.8, 4) is 0 Å². The number of carbonyl (C=O) groups excluding carboxylic acids is 10. The zero-order valence-electron chi connectivity index (χ0n) is 69.3. The van der Waals surface area contributed by atoms with Gasteiger partial charge in [-0.05, 0) is 117 Å². The fourth-order valence-corrected chi connectivity index (χ4v) is 11.9. The van der Waals surface area contributed by atoms with Crippen LogP contribution in [0.2, 0.25) is 0 Å². The monoisotopic (exact) mass is 1460 g/mol. The summed E-state index contributed by atoms with van der Waals surface area (Å²) in [4.78, 5) is 166. The normalized spacial score (nSPS) is 13.5. The number of hydrogen-bond acceptors (Lipinski definition) is 22. The lowest BCUT2D eigenvalue weighted by Gasteiger charge is -2.37. The van der Waals surface area contributed by atoms with E-state index >= 15 is 14.4 Å². The Kier molecular flexibility index (Phi) is 49.4. The van der Waals surface area contributed by atoms with Crippen LogP contribution in [0.25, 0.3) is 0 Å². The van der Waals surface area contributed by atoms with Gasteiger partial charge in [-0.1, -0.05) is 61.8 Å². The van der Waals surface area contributed by atoms with Crippen LogP contribution < -0.4 is 16.0 Å². The van der Waals surface area contributed by atoms with Gasteiger partial charge >= 0.3 is 11.9 Å². The summed E-state index contributed by atoms with van der Waals surface area (Å²) in [5.41, 5.74) is -3.77. The van der Waals surface area contributed by atoms with E-state index in [1.807, 2.05) is 108 Å². The highest BCUT2D eigenvalue weighted by Gasteiger charge is 2.45. The maximum absolute atomic E-state index is 15.8. The van der Waals surface area contributed by atoms with Crippen LogP contribution in [-0.2, 0) is 57.4 Å². The third-order valence-electron chi connectivity index (χ3n) is 20.0. The molecule has 0 aliphatic rings. The molecule has 5 amide bonds. The predicted octanol–water partition coefficient (Wildman–Crippen LogP) is 3.15. The summed E-state index contributed by atoms with van der Waals surface area (Å²) in [5, 5.41) is 9.31. The Morgan fingerprint density at radius 1 is 0.359 bits per heavy atom. The van der Waals surface area contributed by atoms with Gasteiger partial charge < -0.3 is 84.2 Å². The van der Waals surface area contributed by atoms with E-state index in [4.69, 9.17) is 9.47 Å². The quantitative estimate of drug-likeness (QED) is 0.0583. The number of Topliss-reactive ketones (excluding diaryl/α,β-unsaturated/α-hetero) is 3. The van der Waals surface area contributed by atoms with Crippen molar-refractivity contribution in [2.75, 3.05) is 263 Å². The van der Waals surface area contributed by atoms with E-state index in [9.17, 15) is 33.6 Å². The molecule has 0 spiro atoms. The third kappa shape index (κ3) is 42.7. The first-order valence-electron chi connectivity index (χ1n) is 38.0. The Balaban J connectivity index is 7.28. The van der Waals surface area contributed by atoms with Crippen molar-refractivity contribution in [1.82, 2.24) is 74.7 Å². The van der Waals surface area contributed by atoms with E-state index in [2.05, 4.69) is 45.3 Å². The van der Waals surface area contributed by atoms with Gasteiger partial charge in [0.2, 0.25) is 29.5 Å². The van der Waals surface area contributed by atoms with E-state index in [1.54, 1.807) is 89.3 Å². The minimum absolute atomic E-state index is 0.0289. The number of likely N-dealkylation sites (N-methyl/N-ethyl adjacent to an activating group) is 14. The van der Waals surface area contributed by atoms with Crippen molar-refractivity contribution >= 4 is 58.8 Å². The number of carbonyl (C=O) groups is 10. The van der Waals surface area contributed by atoms with Crippen LogP contribution in [0.15, 0.2) is 0 Å². The molecule has 0 aromatic carbocycles. The molecule has 600 valence electrons. The van der Waals surface area contributed by atoms with Crippen molar-refractivity contribution in [3.63, 3.8) is 0 Å². The average molecular weight is 1470 g/mol. The molecule has 4 atom stereocenters. The van der Waals surface area contributed by atoms with Crippen LogP contribution in [0.3, 0.4) is 0 Å².